The van der Waals surface area contributed by atoms with Gasteiger partial charge in [0.15, 0.2) is 5.92 Å². The van der Waals surface area contributed by atoms with Crippen LogP contribution in [0.1, 0.15) is 22.6 Å². The van der Waals surface area contributed by atoms with Crippen molar-refractivity contribution < 1.29 is 19.4 Å². The normalized spacial score (nSPS) is 12.4. The molecular weight excluding hydrogens is 364 g/mol. The molecule has 0 saturated heterocycles. The molecule has 29 heavy (non-hydrogen) atoms. The van der Waals surface area contributed by atoms with E-state index in [1.807, 2.05) is 97.1 Å². The van der Waals surface area contributed by atoms with Crippen molar-refractivity contribution in [2.24, 2.45) is 5.92 Å². The van der Waals surface area contributed by atoms with E-state index in [0.29, 0.717) is 0 Å². The molecule has 3 aromatic carbocycles. The van der Waals surface area contributed by atoms with Crippen molar-refractivity contribution in [1.82, 2.24) is 0 Å². The first-order valence-electron chi connectivity index (χ1n) is 9.30. The van der Waals surface area contributed by atoms with Crippen molar-refractivity contribution in [3.63, 3.8) is 0 Å². The van der Waals surface area contributed by atoms with Gasteiger partial charge in [-0.05, 0) is 22.3 Å². The standard InChI is InChI=1S/C25H22O4/c1-29-25(28)23(24(26)27)22(20-15-9-4-10-16-20)17-21(18-11-5-2-6-12-18)19-13-7-3-8-14-19/h2-17,22-23H,1H3,(H,26,27)/t22?,23-/m0/s1. The summed E-state index contributed by atoms with van der Waals surface area (Å²) in [5.41, 5.74) is 3.46. The fourth-order valence-electron chi connectivity index (χ4n) is 3.36. The molecule has 3 aromatic rings. The molecule has 0 heterocycles. The molecule has 0 amide bonds. The van der Waals surface area contributed by atoms with Crippen LogP contribution in [0.2, 0.25) is 0 Å². The first kappa shape index (κ1) is 20.1. The predicted molar refractivity (Wildman–Crippen MR) is 112 cm³/mol. The SMILES string of the molecule is COC(=O)[C@H](C(=O)O)C(C=C(c1ccccc1)c1ccccc1)c1ccccc1. The Labute approximate surface area is 170 Å². The second kappa shape index (κ2) is 9.51. The van der Waals surface area contributed by atoms with Crippen molar-refractivity contribution >= 4 is 17.5 Å². The van der Waals surface area contributed by atoms with Gasteiger partial charge >= 0.3 is 11.9 Å². The van der Waals surface area contributed by atoms with Crippen LogP contribution in [0.5, 0.6) is 0 Å². The van der Waals surface area contributed by atoms with E-state index in [1.54, 1.807) is 0 Å². The fraction of sp³-hybridized carbons (Fsp3) is 0.120. The Morgan fingerprint density at radius 1 is 0.793 bits per heavy atom. The zero-order valence-corrected chi connectivity index (χ0v) is 16.1. The highest BCUT2D eigenvalue weighted by atomic mass is 16.5. The lowest BCUT2D eigenvalue weighted by Crippen LogP contribution is -2.30. The lowest BCUT2D eigenvalue weighted by molar-refractivity contribution is -0.157. The number of carboxylic acid groups (broad SMARTS) is 1. The lowest BCUT2D eigenvalue weighted by atomic mass is 9.82. The summed E-state index contributed by atoms with van der Waals surface area (Å²) >= 11 is 0. The van der Waals surface area contributed by atoms with E-state index in [2.05, 4.69) is 0 Å². The molecule has 4 heteroatoms. The van der Waals surface area contributed by atoms with Gasteiger partial charge in [0.25, 0.3) is 0 Å². The van der Waals surface area contributed by atoms with Gasteiger partial charge in [-0.2, -0.15) is 0 Å². The van der Waals surface area contributed by atoms with Crippen LogP contribution in [0.15, 0.2) is 97.1 Å². The topological polar surface area (TPSA) is 63.6 Å². The van der Waals surface area contributed by atoms with Gasteiger partial charge in [-0.25, -0.2) is 0 Å². The number of carbonyl (C=O) groups is 2. The van der Waals surface area contributed by atoms with Crippen LogP contribution in [0.25, 0.3) is 5.57 Å². The Hall–Kier alpha value is -3.66. The van der Waals surface area contributed by atoms with Gasteiger partial charge in [-0.15, -0.1) is 0 Å². The summed E-state index contributed by atoms with van der Waals surface area (Å²) in [6.07, 6.45) is 1.86. The van der Waals surface area contributed by atoms with E-state index in [1.165, 1.54) is 7.11 Å². The molecule has 0 aliphatic carbocycles. The Bertz CT molecular complexity index is 938. The van der Waals surface area contributed by atoms with Crippen LogP contribution in [0.3, 0.4) is 0 Å². The van der Waals surface area contributed by atoms with Crippen molar-refractivity contribution in [3.05, 3.63) is 114 Å². The van der Waals surface area contributed by atoms with Crippen LogP contribution in [-0.2, 0) is 14.3 Å². The fourth-order valence-corrected chi connectivity index (χ4v) is 3.36. The Kier molecular flexibility index (Phi) is 6.59. The summed E-state index contributed by atoms with van der Waals surface area (Å²) < 4.78 is 4.82. The molecule has 146 valence electrons. The first-order chi connectivity index (χ1) is 14.1. The molecule has 0 fully saturated rings. The summed E-state index contributed by atoms with van der Waals surface area (Å²) in [5.74, 6) is -4.05. The van der Waals surface area contributed by atoms with Crippen LogP contribution in [0.4, 0.5) is 0 Å². The number of benzene rings is 3. The molecule has 0 spiro atoms. The minimum atomic E-state index is -1.36. The Morgan fingerprint density at radius 3 is 1.66 bits per heavy atom. The minimum absolute atomic E-state index is 0.698. The number of rotatable bonds is 7. The molecule has 0 radical (unpaired) electrons. The molecule has 0 saturated carbocycles. The van der Waals surface area contributed by atoms with Gasteiger partial charge < -0.3 is 9.84 Å². The highest BCUT2D eigenvalue weighted by molar-refractivity contribution is 5.96. The number of aliphatic carboxylic acids is 1. The van der Waals surface area contributed by atoms with Crippen molar-refractivity contribution in [3.8, 4) is 0 Å². The van der Waals surface area contributed by atoms with E-state index < -0.39 is 23.8 Å². The van der Waals surface area contributed by atoms with Gasteiger partial charge in [-0.3, -0.25) is 9.59 Å². The molecule has 3 rings (SSSR count). The van der Waals surface area contributed by atoms with Gasteiger partial charge in [0.05, 0.1) is 7.11 Å². The number of carboxylic acids is 1. The van der Waals surface area contributed by atoms with Gasteiger partial charge in [0, 0.05) is 5.92 Å². The predicted octanol–water partition coefficient (Wildman–Crippen LogP) is 4.78. The number of methoxy groups -OCH3 is 1. The van der Waals surface area contributed by atoms with Gasteiger partial charge in [0.2, 0.25) is 0 Å². The molecule has 0 aliphatic rings. The zero-order valence-electron chi connectivity index (χ0n) is 16.1. The van der Waals surface area contributed by atoms with Gasteiger partial charge in [-0.1, -0.05) is 97.1 Å². The summed E-state index contributed by atoms with van der Waals surface area (Å²) in [4.78, 5) is 24.4. The molecule has 0 aliphatic heterocycles. The van der Waals surface area contributed by atoms with Crippen LogP contribution in [-0.4, -0.2) is 24.2 Å². The van der Waals surface area contributed by atoms with Crippen molar-refractivity contribution in [2.45, 2.75) is 5.92 Å². The van der Waals surface area contributed by atoms with Gasteiger partial charge in [0.1, 0.15) is 0 Å². The maximum atomic E-state index is 12.4. The van der Waals surface area contributed by atoms with Crippen LogP contribution in [0, 0.1) is 5.92 Å². The number of esters is 1. The maximum absolute atomic E-state index is 12.4. The molecular formula is C25H22O4. The molecule has 0 bridgehead atoms. The average molecular weight is 386 g/mol. The van der Waals surface area contributed by atoms with Crippen molar-refractivity contribution in [2.75, 3.05) is 7.11 Å². The third-order valence-electron chi connectivity index (χ3n) is 4.78. The Morgan fingerprint density at radius 2 is 1.24 bits per heavy atom. The van der Waals surface area contributed by atoms with E-state index in [9.17, 15) is 14.7 Å². The highest BCUT2D eigenvalue weighted by Gasteiger charge is 2.36. The first-order valence-corrected chi connectivity index (χ1v) is 9.30. The number of hydrogen-bond donors (Lipinski definition) is 1. The summed E-state index contributed by atoms with van der Waals surface area (Å²) in [7, 11) is 1.21. The number of ether oxygens (including phenoxy) is 1. The van der Waals surface area contributed by atoms with E-state index >= 15 is 0 Å². The number of carbonyl (C=O) groups excluding carboxylic acids is 1. The Balaban J connectivity index is 2.22. The molecule has 4 nitrogen and oxygen atoms in total. The lowest BCUT2D eigenvalue weighted by Gasteiger charge is -2.22. The third-order valence-corrected chi connectivity index (χ3v) is 4.78. The molecule has 1 unspecified atom stereocenters. The number of allylic oxidation sites excluding steroid dienone is 1. The van der Waals surface area contributed by atoms with Crippen LogP contribution >= 0.6 is 0 Å². The maximum Gasteiger partial charge on any atom is 0.321 e. The molecule has 2 atom stereocenters. The van der Waals surface area contributed by atoms with E-state index in [0.717, 1.165) is 22.3 Å². The summed E-state index contributed by atoms with van der Waals surface area (Å²) in [6, 6.07) is 28.6. The number of hydrogen-bond acceptors (Lipinski definition) is 3. The smallest absolute Gasteiger partial charge is 0.321 e. The van der Waals surface area contributed by atoms with E-state index in [-0.39, 0.29) is 0 Å². The average Bonchev–Trinajstić information content (AvgIpc) is 2.77. The molecule has 1 N–H and O–H groups in total. The second-order valence-corrected chi connectivity index (χ2v) is 6.59. The van der Waals surface area contributed by atoms with E-state index in [4.69, 9.17) is 4.74 Å². The summed E-state index contributed by atoms with van der Waals surface area (Å²) in [6.45, 7) is 0. The van der Waals surface area contributed by atoms with Crippen LogP contribution < -0.4 is 0 Å². The van der Waals surface area contributed by atoms with Crippen molar-refractivity contribution in [1.29, 1.82) is 0 Å². The molecule has 0 aromatic heterocycles. The third kappa shape index (κ3) is 4.79. The quantitative estimate of drug-likeness (QED) is 0.469. The zero-order chi connectivity index (χ0) is 20.6. The minimum Gasteiger partial charge on any atom is -0.481 e. The summed E-state index contributed by atoms with van der Waals surface area (Å²) in [5, 5.41) is 9.83. The highest BCUT2D eigenvalue weighted by Crippen LogP contribution is 2.34. The largest absolute Gasteiger partial charge is 0.481 e. The second-order valence-electron chi connectivity index (χ2n) is 6.59. The monoisotopic (exact) mass is 386 g/mol.